The zero-order valence-corrected chi connectivity index (χ0v) is 14.7. The molecule has 0 spiro atoms. The molecule has 2 aromatic carbocycles. The lowest BCUT2D eigenvalue weighted by atomic mass is 10.2. The summed E-state index contributed by atoms with van der Waals surface area (Å²) in [6.45, 7) is 1.20. The maximum Gasteiger partial charge on any atom is 0.225 e. The van der Waals surface area contributed by atoms with E-state index < -0.39 is 0 Å². The van der Waals surface area contributed by atoms with Crippen LogP contribution in [0.1, 0.15) is 17.5 Å². The van der Waals surface area contributed by atoms with Gasteiger partial charge in [-0.1, -0.05) is 35.3 Å². The lowest BCUT2D eigenvalue weighted by molar-refractivity contribution is -0.116. The Kier molecular flexibility index (Phi) is 6.62. The van der Waals surface area contributed by atoms with Crippen LogP contribution in [0, 0.1) is 11.3 Å². The van der Waals surface area contributed by atoms with Crippen molar-refractivity contribution in [3.05, 3.63) is 63.6 Å². The molecule has 0 saturated carbocycles. The number of halogens is 2. The first-order chi connectivity index (χ1) is 11.5. The van der Waals surface area contributed by atoms with E-state index in [4.69, 9.17) is 28.5 Å². The van der Waals surface area contributed by atoms with Gasteiger partial charge in [0.25, 0.3) is 0 Å². The zero-order chi connectivity index (χ0) is 17.5. The van der Waals surface area contributed by atoms with Gasteiger partial charge in [-0.05, 0) is 42.9 Å². The molecule has 4 nitrogen and oxygen atoms in total. The molecular weight excluding hydrogens is 345 g/mol. The highest BCUT2D eigenvalue weighted by Gasteiger charge is 2.09. The van der Waals surface area contributed by atoms with Crippen LogP contribution in [0.3, 0.4) is 0 Å². The molecule has 0 radical (unpaired) electrons. The van der Waals surface area contributed by atoms with E-state index in [1.165, 1.54) is 0 Å². The van der Waals surface area contributed by atoms with Crippen molar-refractivity contribution in [1.82, 2.24) is 4.90 Å². The molecular formula is C18H17Cl2N3O. The smallest absolute Gasteiger partial charge is 0.225 e. The van der Waals surface area contributed by atoms with Crippen molar-refractivity contribution in [3.63, 3.8) is 0 Å². The summed E-state index contributed by atoms with van der Waals surface area (Å²) in [6, 6.07) is 14.3. The number of anilines is 1. The molecule has 2 rings (SSSR count). The molecule has 0 fully saturated rings. The van der Waals surface area contributed by atoms with E-state index in [2.05, 4.69) is 5.32 Å². The minimum absolute atomic E-state index is 0.0799. The van der Waals surface area contributed by atoms with Gasteiger partial charge < -0.3 is 10.2 Å². The normalized spacial score (nSPS) is 10.5. The highest BCUT2D eigenvalue weighted by atomic mass is 35.5. The van der Waals surface area contributed by atoms with Crippen LogP contribution in [0.15, 0.2) is 42.5 Å². The third-order valence-electron chi connectivity index (χ3n) is 3.49. The van der Waals surface area contributed by atoms with Crippen LogP contribution in [0.2, 0.25) is 10.0 Å². The second-order valence-corrected chi connectivity index (χ2v) is 6.22. The molecule has 0 saturated heterocycles. The van der Waals surface area contributed by atoms with E-state index in [0.29, 0.717) is 40.8 Å². The molecule has 1 N–H and O–H groups in total. The Morgan fingerprint density at radius 3 is 2.58 bits per heavy atom. The van der Waals surface area contributed by atoms with Gasteiger partial charge in [0, 0.05) is 25.2 Å². The van der Waals surface area contributed by atoms with Crippen LogP contribution in [0.25, 0.3) is 0 Å². The van der Waals surface area contributed by atoms with Gasteiger partial charge in [-0.3, -0.25) is 4.79 Å². The Hall–Kier alpha value is -2.06. The average molecular weight is 362 g/mol. The summed E-state index contributed by atoms with van der Waals surface area (Å²) in [6.07, 6.45) is 0.356. The summed E-state index contributed by atoms with van der Waals surface area (Å²) in [4.78, 5) is 14.0. The van der Waals surface area contributed by atoms with Gasteiger partial charge in [-0.25, -0.2) is 0 Å². The van der Waals surface area contributed by atoms with Crippen LogP contribution in [-0.2, 0) is 11.3 Å². The number of hydrogen-bond acceptors (Lipinski definition) is 3. The Morgan fingerprint density at radius 2 is 1.92 bits per heavy atom. The van der Waals surface area contributed by atoms with Crippen molar-refractivity contribution >= 4 is 34.8 Å². The van der Waals surface area contributed by atoms with E-state index >= 15 is 0 Å². The maximum absolute atomic E-state index is 12.0. The van der Waals surface area contributed by atoms with Crippen molar-refractivity contribution in [2.24, 2.45) is 0 Å². The maximum atomic E-state index is 12.0. The molecule has 0 heterocycles. The predicted molar refractivity (Wildman–Crippen MR) is 97.2 cm³/mol. The van der Waals surface area contributed by atoms with Crippen LogP contribution in [0.5, 0.6) is 0 Å². The Bertz CT molecular complexity index is 754. The average Bonchev–Trinajstić information content (AvgIpc) is 2.58. The molecule has 0 aliphatic carbocycles. The van der Waals surface area contributed by atoms with Crippen LogP contribution < -0.4 is 5.32 Å². The number of nitriles is 1. The van der Waals surface area contributed by atoms with E-state index in [0.717, 1.165) is 5.56 Å². The third-order valence-corrected chi connectivity index (χ3v) is 4.35. The van der Waals surface area contributed by atoms with Crippen LogP contribution in [-0.4, -0.2) is 24.4 Å². The first kappa shape index (κ1) is 18.3. The lowest BCUT2D eigenvalue weighted by Crippen LogP contribution is -2.24. The summed E-state index contributed by atoms with van der Waals surface area (Å²) in [5.41, 5.74) is 2.17. The predicted octanol–water partition coefficient (Wildman–Crippen LogP) is 4.33. The van der Waals surface area contributed by atoms with E-state index in [1.54, 1.807) is 30.3 Å². The topological polar surface area (TPSA) is 56.1 Å². The minimum Gasteiger partial charge on any atom is -0.326 e. The number of nitrogens with zero attached hydrogens (tertiary/aromatic N) is 2. The Balaban J connectivity index is 1.82. The third kappa shape index (κ3) is 5.24. The summed E-state index contributed by atoms with van der Waals surface area (Å²) in [5, 5.41) is 12.6. The van der Waals surface area contributed by atoms with Crippen molar-refractivity contribution in [2.45, 2.75) is 13.0 Å². The summed E-state index contributed by atoms with van der Waals surface area (Å²) < 4.78 is 0. The summed E-state index contributed by atoms with van der Waals surface area (Å²) >= 11 is 12.2. The highest BCUT2D eigenvalue weighted by molar-refractivity contribution is 6.42. The van der Waals surface area contributed by atoms with Gasteiger partial charge >= 0.3 is 0 Å². The molecule has 2 aromatic rings. The fraction of sp³-hybridized carbons (Fsp3) is 0.222. The number of benzene rings is 2. The first-order valence-electron chi connectivity index (χ1n) is 7.41. The molecule has 1 amide bonds. The fourth-order valence-corrected chi connectivity index (χ4v) is 2.56. The number of amides is 1. The quantitative estimate of drug-likeness (QED) is 0.832. The molecule has 0 aromatic heterocycles. The van der Waals surface area contributed by atoms with Gasteiger partial charge in [0.15, 0.2) is 0 Å². The molecule has 6 heteroatoms. The van der Waals surface area contributed by atoms with Gasteiger partial charge in [0.05, 0.1) is 21.7 Å². The second kappa shape index (κ2) is 8.70. The van der Waals surface area contributed by atoms with E-state index in [-0.39, 0.29) is 5.91 Å². The first-order valence-corrected chi connectivity index (χ1v) is 8.16. The largest absolute Gasteiger partial charge is 0.326 e. The molecule has 0 atom stereocenters. The van der Waals surface area contributed by atoms with Crippen molar-refractivity contribution < 1.29 is 4.79 Å². The summed E-state index contributed by atoms with van der Waals surface area (Å²) in [7, 11) is 1.92. The second-order valence-electron chi connectivity index (χ2n) is 5.44. The number of rotatable bonds is 6. The molecule has 0 unspecified atom stereocenters. The Labute approximate surface area is 151 Å². The van der Waals surface area contributed by atoms with Gasteiger partial charge in [0.2, 0.25) is 5.91 Å². The Morgan fingerprint density at radius 1 is 1.21 bits per heavy atom. The summed E-state index contributed by atoms with van der Waals surface area (Å²) in [5.74, 6) is -0.0799. The van der Waals surface area contributed by atoms with Crippen LogP contribution in [0.4, 0.5) is 5.69 Å². The molecule has 0 aliphatic heterocycles. The van der Waals surface area contributed by atoms with E-state index in [9.17, 15) is 4.79 Å². The number of hydrogen-bond donors (Lipinski definition) is 1. The fourth-order valence-electron chi connectivity index (χ4n) is 2.18. The molecule has 124 valence electrons. The number of carbonyl (C=O) groups is 1. The lowest BCUT2D eigenvalue weighted by Gasteiger charge is -2.17. The van der Waals surface area contributed by atoms with Gasteiger partial charge in [-0.15, -0.1) is 0 Å². The zero-order valence-electron chi connectivity index (χ0n) is 13.2. The molecule has 0 aliphatic rings. The monoisotopic (exact) mass is 361 g/mol. The van der Waals surface area contributed by atoms with Gasteiger partial charge in [-0.2, -0.15) is 5.26 Å². The van der Waals surface area contributed by atoms with Crippen molar-refractivity contribution in [1.29, 1.82) is 5.26 Å². The van der Waals surface area contributed by atoms with Crippen molar-refractivity contribution in [3.8, 4) is 6.07 Å². The minimum atomic E-state index is -0.0799. The van der Waals surface area contributed by atoms with E-state index in [1.807, 2.05) is 30.1 Å². The molecule has 24 heavy (non-hydrogen) atoms. The standard InChI is InChI=1S/C18H17Cl2N3O/c1-23(12-14-3-2-4-16(19)18(14)20)10-9-17(24)22-15-7-5-13(11-21)6-8-15/h2-8H,9-10,12H2,1H3,(H,22,24). The van der Waals surface area contributed by atoms with Gasteiger partial charge in [0.1, 0.15) is 0 Å². The number of nitrogens with one attached hydrogen (secondary N) is 1. The molecule has 0 bridgehead atoms. The van der Waals surface area contributed by atoms with Crippen LogP contribution >= 0.6 is 23.2 Å². The van der Waals surface area contributed by atoms with Crippen molar-refractivity contribution in [2.75, 3.05) is 18.9 Å². The highest BCUT2D eigenvalue weighted by Crippen LogP contribution is 2.26. The SMILES string of the molecule is CN(CCC(=O)Nc1ccc(C#N)cc1)Cc1cccc(Cl)c1Cl. The number of carbonyl (C=O) groups excluding carboxylic acids is 1.